The van der Waals surface area contributed by atoms with Gasteiger partial charge in [-0.3, -0.25) is 0 Å². The minimum Gasteiger partial charge on any atom is -0.321 e. The van der Waals surface area contributed by atoms with Crippen LogP contribution in [0.5, 0.6) is 0 Å². The second-order valence-electron chi connectivity index (χ2n) is 5.40. The van der Waals surface area contributed by atoms with Gasteiger partial charge in [0, 0.05) is 11.9 Å². The lowest BCUT2D eigenvalue weighted by Crippen LogP contribution is -2.17. The summed E-state index contributed by atoms with van der Waals surface area (Å²) in [5, 5.41) is 1.31. The van der Waals surface area contributed by atoms with E-state index in [2.05, 4.69) is 73.4 Å². The molecule has 2 heteroatoms. The minimum atomic E-state index is -1.15. The van der Waals surface area contributed by atoms with Crippen molar-refractivity contribution in [3.8, 4) is 0 Å². The molecule has 0 saturated carbocycles. The first kappa shape index (κ1) is 11.2. The number of fused-ring (bicyclic) bond motifs is 1. The summed E-state index contributed by atoms with van der Waals surface area (Å²) in [7, 11) is -1.15. The Morgan fingerprint density at radius 3 is 2.50 bits per heavy atom. The van der Waals surface area contributed by atoms with Crippen LogP contribution in [0, 0.1) is 0 Å². The lowest BCUT2D eigenvalue weighted by atomic mass is 10.2. The van der Waals surface area contributed by atoms with Crippen molar-refractivity contribution in [2.45, 2.75) is 26.6 Å². The Morgan fingerprint density at radius 1 is 1.12 bits per heavy atom. The second-order valence-corrected chi connectivity index (χ2v) is 10.4. The molecule has 0 spiro atoms. The molecule has 2 rings (SSSR count). The van der Waals surface area contributed by atoms with E-state index >= 15 is 0 Å². The fourth-order valence-corrected chi connectivity index (χ4v) is 3.48. The number of nitrogens with zero attached hydrogens (tertiary/aromatic N) is 1. The van der Waals surface area contributed by atoms with Crippen molar-refractivity contribution in [3.05, 3.63) is 42.2 Å². The first-order valence-corrected chi connectivity index (χ1v) is 9.31. The zero-order valence-electron chi connectivity index (χ0n) is 10.5. The molecule has 0 aliphatic carbocycles. The summed E-state index contributed by atoms with van der Waals surface area (Å²) in [5.74, 6) is 0. The number of para-hydroxylation sites is 1. The fraction of sp³-hybridized carbons (Fsp3) is 0.286. The Morgan fingerprint density at radius 2 is 1.81 bits per heavy atom. The maximum absolute atomic E-state index is 2.44. The van der Waals surface area contributed by atoms with Gasteiger partial charge in [0.1, 0.15) is 0 Å². The van der Waals surface area contributed by atoms with E-state index in [-0.39, 0.29) is 0 Å². The molecular formula is C14H19NSi. The van der Waals surface area contributed by atoms with Crippen molar-refractivity contribution in [2.75, 3.05) is 0 Å². The lowest BCUT2D eigenvalue weighted by molar-refractivity contribution is 1.15. The quantitative estimate of drug-likeness (QED) is 0.674. The Kier molecular flexibility index (Phi) is 2.76. The van der Waals surface area contributed by atoms with Gasteiger partial charge in [-0.2, -0.15) is 0 Å². The van der Waals surface area contributed by atoms with E-state index in [0.717, 1.165) is 0 Å². The molecule has 0 saturated heterocycles. The predicted octanol–water partition coefficient (Wildman–Crippen LogP) is 4.38. The molecule has 2 aromatic rings. The van der Waals surface area contributed by atoms with Gasteiger partial charge in [-0.05, 0) is 24.4 Å². The van der Waals surface area contributed by atoms with Gasteiger partial charge in [-0.15, -0.1) is 0 Å². The van der Waals surface area contributed by atoms with E-state index in [9.17, 15) is 0 Å². The zero-order chi connectivity index (χ0) is 11.8. The molecule has 84 valence electrons. The first-order chi connectivity index (χ1) is 7.47. The summed E-state index contributed by atoms with van der Waals surface area (Å²) in [5.41, 5.74) is 5.09. The third-order valence-corrected chi connectivity index (χ3v) is 3.91. The van der Waals surface area contributed by atoms with Crippen LogP contribution in [-0.4, -0.2) is 12.6 Å². The third-order valence-electron chi connectivity index (χ3n) is 2.62. The standard InChI is InChI=1S/C14H19NSi/c1-12(11-16(2,3)4)15-10-9-13-7-5-6-8-14(13)15/h5-11H,1-4H3/b12-11+. The molecule has 0 bridgehead atoms. The number of allylic oxidation sites excluding steroid dienone is 1. The first-order valence-electron chi connectivity index (χ1n) is 5.73. The van der Waals surface area contributed by atoms with Gasteiger partial charge in [0.2, 0.25) is 0 Å². The molecule has 16 heavy (non-hydrogen) atoms. The smallest absolute Gasteiger partial charge is 0.0709 e. The van der Waals surface area contributed by atoms with Crippen LogP contribution in [0.25, 0.3) is 16.6 Å². The van der Waals surface area contributed by atoms with Crippen molar-refractivity contribution in [1.29, 1.82) is 0 Å². The molecule has 0 aliphatic rings. The van der Waals surface area contributed by atoms with E-state index in [0.29, 0.717) is 0 Å². The molecule has 0 fully saturated rings. The molecular weight excluding hydrogens is 210 g/mol. The Bertz CT molecular complexity index is 529. The maximum Gasteiger partial charge on any atom is 0.0709 e. The highest BCUT2D eigenvalue weighted by Gasteiger charge is 2.10. The summed E-state index contributed by atoms with van der Waals surface area (Å²) >= 11 is 0. The van der Waals surface area contributed by atoms with E-state index in [4.69, 9.17) is 0 Å². The van der Waals surface area contributed by atoms with Crippen LogP contribution < -0.4 is 0 Å². The summed E-state index contributed by atoms with van der Waals surface area (Å²) in [4.78, 5) is 0. The molecule has 0 aliphatic heterocycles. The monoisotopic (exact) mass is 229 g/mol. The van der Waals surface area contributed by atoms with Crippen LogP contribution in [0.15, 0.2) is 42.2 Å². The van der Waals surface area contributed by atoms with Gasteiger partial charge >= 0.3 is 0 Å². The van der Waals surface area contributed by atoms with Crippen molar-refractivity contribution >= 4 is 24.7 Å². The summed E-state index contributed by atoms with van der Waals surface area (Å²) < 4.78 is 2.29. The van der Waals surface area contributed by atoms with Crippen molar-refractivity contribution < 1.29 is 0 Å². The third kappa shape index (κ3) is 2.27. The highest BCUT2D eigenvalue weighted by atomic mass is 28.3. The molecule has 1 nitrogen and oxygen atoms in total. The number of hydrogen-bond donors (Lipinski definition) is 0. The number of benzene rings is 1. The van der Waals surface area contributed by atoms with Crippen LogP contribution in [0.4, 0.5) is 0 Å². The summed E-state index contributed by atoms with van der Waals surface area (Å²) in [6, 6.07) is 10.7. The maximum atomic E-state index is 2.44. The van der Waals surface area contributed by atoms with Gasteiger partial charge in [0.25, 0.3) is 0 Å². The van der Waals surface area contributed by atoms with Gasteiger partial charge in [0.05, 0.1) is 13.6 Å². The van der Waals surface area contributed by atoms with E-state index in [1.165, 1.54) is 16.6 Å². The van der Waals surface area contributed by atoms with Crippen LogP contribution in [0.2, 0.25) is 19.6 Å². The van der Waals surface area contributed by atoms with Crippen molar-refractivity contribution in [3.63, 3.8) is 0 Å². The SMILES string of the molecule is C/C(=C\[Si](C)(C)C)n1ccc2ccccc21. The summed E-state index contributed by atoms with van der Waals surface area (Å²) in [6.45, 7) is 9.29. The van der Waals surface area contributed by atoms with Crippen LogP contribution in [-0.2, 0) is 0 Å². The van der Waals surface area contributed by atoms with Gasteiger partial charge in [0.15, 0.2) is 0 Å². The zero-order valence-corrected chi connectivity index (χ0v) is 11.5. The molecule has 0 amide bonds. The van der Waals surface area contributed by atoms with Gasteiger partial charge in [-0.25, -0.2) is 0 Å². The Hall–Kier alpha value is -1.28. The molecule has 0 N–H and O–H groups in total. The molecule has 0 radical (unpaired) electrons. The van der Waals surface area contributed by atoms with E-state index in [1.807, 2.05) is 0 Å². The van der Waals surface area contributed by atoms with Gasteiger partial charge in [-0.1, -0.05) is 43.5 Å². The Labute approximate surface area is 98.4 Å². The van der Waals surface area contributed by atoms with Crippen molar-refractivity contribution in [2.24, 2.45) is 0 Å². The van der Waals surface area contributed by atoms with Crippen LogP contribution in [0.3, 0.4) is 0 Å². The van der Waals surface area contributed by atoms with Crippen LogP contribution in [0.1, 0.15) is 6.92 Å². The predicted molar refractivity (Wildman–Crippen MR) is 75.2 cm³/mol. The lowest BCUT2D eigenvalue weighted by Gasteiger charge is -2.13. The minimum absolute atomic E-state index is 1.15. The largest absolute Gasteiger partial charge is 0.321 e. The van der Waals surface area contributed by atoms with E-state index in [1.54, 1.807) is 0 Å². The summed E-state index contributed by atoms with van der Waals surface area (Å²) in [6.07, 6.45) is 2.16. The topological polar surface area (TPSA) is 4.93 Å². The highest BCUT2D eigenvalue weighted by Crippen LogP contribution is 2.20. The van der Waals surface area contributed by atoms with Crippen LogP contribution >= 0.6 is 0 Å². The average Bonchev–Trinajstić information content (AvgIpc) is 2.58. The van der Waals surface area contributed by atoms with Crippen molar-refractivity contribution in [1.82, 2.24) is 4.57 Å². The molecule has 0 atom stereocenters. The Balaban J connectivity index is 2.52. The van der Waals surface area contributed by atoms with E-state index < -0.39 is 8.07 Å². The fourth-order valence-electron chi connectivity index (χ4n) is 2.09. The molecule has 1 aromatic carbocycles. The normalized spacial score (nSPS) is 13.4. The second kappa shape index (κ2) is 3.94. The number of hydrogen-bond acceptors (Lipinski definition) is 0. The molecule has 1 aromatic heterocycles. The van der Waals surface area contributed by atoms with Gasteiger partial charge < -0.3 is 4.57 Å². The number of rotatable bonds is 2. The number of aromatic nitrogens is 1. The molecule has 1 heterocycles. The average molecular weight is 229 g/mol. The highest BCUT2D eigenvalue weighted by molar-refractivity contribution is 6.81. The molecule has 0 unspecified atom stereocenters.